The second kappa shape index (κ2) is 8.07. The van der Waals surface area contributed by atoms with Gasteiger partial charge in [0.2, 0.25) is 12.3 Å². The molecule has 4 aromatic rings. The molecule has 0 saturated heterocycles. The summed E-state index contributed by atoms with van der Waals surface area (Å²) in [5.41, 5.74) is 4.47. The molecule has 9 nitrogen and oxygen atoms in total. The number of aryl methyl sites for hydroxylation is 1. The Kier molecular flexibility index (Phi) is 5.32. The topological polar surface area (TPSA) is 108 Å². The first kappa shape index (κ1) is 19.8. The number of carbonyl (C=O) groups is 2. The highest BCUT2D eigenvalue weighted by Gasteiger charge is 2.17. The minimum absolute atomic E-state index is 0.0819. The molecular weight excluding hydrogens is 402 g/mol. The van der Waals surface area contributed by atoms with Crippen molar-refractivity contribution < 1.29 is 9.59 Å². The fourth-order valence-corrected chi connectivity index (χ4v) is 4.29. The van der Waals surface area contributed by atoms with Crippen molar-refractivity contribution in [3.05, 3.63) is 41.2 Å². The van der Waals surface area contributed by atoms with E-state index in [2.05, 4.69) is 25.6 Å². The van der Waals surface area contributed by atoms with Crippen molar-refractivity contribution in [1.82, 2.24) is 24.8 Å². The molecule has 0 radical (unpaired) electrons. The van der Waals surface area contributed by atoms with Crippen LogP contribution in [-0.2, 0) is 23.2 Å². The van der Waals surface area contributed by atoms with Gasteiger partial charge < -0.3 is 9.88 Å². The van der Waals surface area contributed by atoms with Crippen molar-refractivity contribution in [2.45, 2.75) is 26.8 Å². The minimum atomic E-state index is -0.0819. The van der Waals surface area contributed by atoms with E-state index in [-0.39, 0.29) is 5.91 Å². The molecule has 4 rings (SSSR count). The average Bonchev–Trinajstić information content (AvgIpc) is 3.44. The van der Waals surface area contributed by atoms with E-state index >= 15 is 0 Å². The molecule has 0 fully saturated rings. The first-order valence-electron chi connectivity index (χ1n) is 9.44. The third-order valence-corrected chi connectivity index (χ3v) is 5.99. The number of thiazole rings is 1. The molecule has 0 bridgehead atoms. The number of benzene rings is 1. The third-order valence-electron chi connectivity index (χ3n) is 5.00. The number of carbonyl (C=O) groups excluding carboxylic acids is 2. The molecule has 0 aliphatic rings. The van der Waals surface area contributed by atoms with Crippen molar-refractivity contribution in [2.75, 3.05) is 5.32 Å². The Hall–Kier alpha value is -3.53. The summed E-state index contributed by atoms with van der Waals surface area (Å²) >= 11 is 1.39. The fourth-order valence-electron chi connectivity index (χ4n) is 3.21. The molecule has 3 aromatic heterocycles. The number of rotatable bonds is 7. The van der Waals surface area contributed by atoms with Gasteiger partial charge in [0.15, 0.2) is 10.8 Å². The number of aromatic nitrogens is 4. The molecule has 154 valence electrons. The number of amides is 2. The van der Waals surface area contributed by atoms with E-state index in [0.29, 0.717) is 24.5 Å². The Morgan fingerprint density at radius 1 is 1.43 bits per heavy atom. The van der Waals surface area contributed by atoms with E-state index in [4.69, 9.17) is 0 Å². The third kappa shape index (κ3) is 3.57. The second-order valence-corrected chi connectivity index (χ2v) is 7.83. The summed E-state index contributed by atoms with van der Waals surface area (Å²) in [6, 6.07) is 5.79. The van der Waals surface area contributed by atoms with E-state index in [9.17, 15) is 9.59 Å². The summed E-state index contributed by atoms with van der Waals surface area (Å²) in [6.07, 6.45) is 4.50. The second-order valence-electron chi connectivity index (χ2n) is 6.83. The number of aromatic amines is 1. The van der Waals surface area contributed by atoms with Gasteiger partial charge in [-0.05, 0) is 18.6 Å². The molecule has 1 aromatic carbocycles. The molecule has 0 spiro atoms. The summed E-state index contributed by atoms with van der Waals surface area (Å²) < 4.78 is 2.86. The van der Waals surface area contributed by atoms with Gasteiger partial charge in [-0.3, -0.25) is 14.7 Å². The van der Waals surface area contributed by atoms with Gasteiger partial charge in [0.1, 0.15) is 0 Å². The molecule has 2 amide bonds. The van der Waals surface area contributed by atoms with Gasteiger partial charge in [0, 0.05) is 30.1 Å². The van der Waals surface area contributed by atoms with Crippen LogP contribution in [0.5, 0.6) is 0 Å². The molecule has 30 heavy (non-hydrogen) atoms. The van der Waals surface area contributed by atoms with Crippen LogP contribution < -0.4 is 5.32 Å². The summed E-state index contributed by atoms with van der Waals surface area (Å²) in [5, 5.41) is 17.0. The number of fused-ring (bicyclic) bond motifs is 2. The van der Waals surface area contributed by atoms with Gasteiger partial charge in [-0.1, -0.05) is 30.4 Å². The summed E-state index contributed by atoms with van der Waals surface area (Å²) in [6.45, 7) is 4.09. The Morgan fingerprint density at radius 2 is 2.27 bits per heavy atom. The maximum Gasteiger partial charge on any atom is 0.230 e. The maximum atomic E-state index is 11.7. The average molecular weight is 424 g/mol. The summed E-state index contributed by atoms with van der Waals surface area (Å²) in [5.74, 6) is -0.0819. The fraction of sp³-hybridized carbons (Fsp3) is 0.250. The van der Waals surface area contributed by atoms with Crippen LogP contribution in [0.4, 0.5) is 5.13 Å². The van der Waals surface area contributed by atoms with Crippen molar-refractivity contribution in [3.8, 4) is 0 Å². The Bertz CT molecular complexity index is 1270. The normalized spacial score (nSPS) is 11.6. The lowest BCUT2D eigenvalue weighted by molar-refractivity contribution is -0.118. The number of H-pyrrole nitrogens is 1. The van der Waals surface area contributed by atoms with Crippen LogP contribution in [0.1, 0.15) is 30.2 Å². The number of nitrogens with zero attached hydrogens (tertiary/aromatic N) is 5. The van der Waals surface area contributed by atoms with Crippen LogP contribution in [0.15, 0.2) is 29.5 Å². The predicted octanol–water partition coefficient (Wildman–Crippen LogP) is 3.16. The van der Waals surface area contributed by atoms with Crippen LogP contribution >= 0.6 is 11.3 Å². The van der Waals surface area contributed by atoms with Crippen molar-refractivity contribution in [2.24, 2.45) is 12.1 Å². The van der Waals surface area contributed by atoms with Crippen LogP contribution in [0.3, 0.4) is 0 Å². The lowest BCUT2D eigenvalue weighted by atomic mass is 10.1. The largest absolute Gasteiger partial charge is 0.332 e. The molecule has 2 N–H and O–H groups in total. The van der Waals surface area contributed by atoms with Gasteiger partial charge in [-0.25, -0.2) is 9.99 Å². The van der Waals surface area contributed by atoms with Crippen molar-refractivity contribution >= 4 is 56.3 Å². The monoisotopic (exact) mass is 423 g/mol. The molecule has 0 saturated carbocycles. The lowest BCUT2D eigenvalue weighted by Crippen LogP contribution is -2.15. The first-order chi connectivity index (χ1) is 14.5. The van der Waals surface area contributed by atoms with Crippen LogP contribution in [0, 0.1) is 6.92 Å². The highest BCUT2D eigenvalue weighted by atomic mass is 32.1. The van der Waals surface area contributed by atoms with Crippen LogP contribution in [0.25, 0.3) is 21.3 Å². The molecule has 0 aliphatic carbocycles. The molecule has 3 heterocycles. The standard InChI is InChI=1S/C20H21N7O2S/c1-4-17(29)23-20-24-19-18(30-20)14(12(2)26(19)3)9-22-27(11-28)10-13-6-5-7-16-15(13)8-21-25-16/h5-9,11H,4,10H2,1-3H3,(H,21,25)(H,23,24,29)/b22-9-. The predicted molar refractivity (Wildman–Crippen MR) is 118 cm³/mol. The van der Waals surface area contributed by atoms with E-state index < -0.39 is 0 Å². The number of hydrogen-bond acceptors (Lipinski definition) is 6. The summed E-state index contributed by atoms with van der Waals surface area (Å²) in [4.78, 5) is 27.9. The maximum absolute atomic E-state index is 11.7. The number of hydrazone groups is 1. The molecule has 0 unspecified atom stereocenters. The van der Waals surface area contributed by atoms with E-state index in [1.807, 2.05) is 36.7 Å². The number of nitrogens with one attached hydrogen (secondary N) is 2. The number of hydrogen-bond donors (Lipinski definition) is 2. The Labute approximate surface area is 176 Å². The molecule has 0 atom stereocenters. The van der Waals surface area contributed by atoms with E-state index in [1.165, 1.54) is 16.3 Å². The summed E-state index contributed by atoms with van der Waals surface area (Å²) in [7, 11) is 1.91. The zero-order chi connectivity index (χ0) is 21.3. The molecule has 0 aliphatic heterocycles. The lowest BCUT2D eigenvalue weighted by Gasteiger charge is -2.11. The quantitative estimate of drug-likeness (QED) is 0.270. The first-order valence-corrected chi connectivity index (χ1v) is 10.3. The molecule has 10 heteroatoms. The highest BCUT2D eigenvalue weighted by Crippen LogP contribution is 2.32. The van der Waals surface area contributed by atoms with Gasteiger partial charge in [0.25, 0.3) is 0 Å². The minimum Gasteiger partial charge on any atom is -0.332 e. The van der Waals surface area contributed by atoms with E-state index in [0.717, 1.165) is 38.1 Å². The Balaban J connectivity index is 1.63. The SMILES string of the molecule is CCC(=O)Nc1nc2c(s1)c(/C=N\N(C=O)Cc1cccc3[nH]ncc13)c(C)n2C. The zero-order valence-electron chi connectivity index (χ0n) is 16.8. The van der Waals surface area contributed by atoms with Crippen molar-refractivity contribution in [1.29, 1.82) is 0 Å². The van der Waals surface area contributed by atoms with Gasteiger partial charge in [-0.15, -0.1) is 0 Å². The van der Waals surface area contributed by atoms with Gasteiger partial charge >= 0.3 is 0 Å². The van der Waals surface area contributed by atoms with E-state index in [1.54, 1.807) is 19.3 Å². The van der Waals surface area contributed by atoms with Crippen LogP contribution in [0.2, 0.25) is 0 Å². The van der Waals surface area contributed by atoms with Gasteiger partial charge in [-0.2, -0.15) is 10.2 Å². The van der Waals surface area contributed by atoms with Gasteiger partial charge in [0.05, 0.1) is 29.2 Å². The number of anilines is 1. The zero-order valence-corrected chi connectivity index (χ0v) is 17.7. The Morgan fingerprint density at radius 3 is 3.03 bits per heavy atom. The highest BCUT2D eigenvalue weighted by molar-refractivity contribution is 7.22. The smallest absolute Gasteiger partial charge is 0.230 e. The molecular formula is C20H21N7O2S. The van der Waals surface area contributed by atoms with Crippen LogP contribution in [-0.4, -0.2) is 43.3 Å². The van der Waals surface area contributed by atoms with Crippen molar-refractivity contribution in [3.63, 3.8) is 0 Å².